The molecule has 0 saturated heterocycles. The van der Waals surface area contributed by atoms with E-state index in [9.17, 15) is 4.79 Å². The van der Waals surface area contributed by atoms with Gasteiger partial charge in [0.1, 0.15) is 18.0 Å². The maximum absolute atomic E-state index is 13.1. The fraction of sp³-hybridized carbons (Fsp3) is 0.185. The molecule has 6 nitrogen and oxygen atoms in total. The van der Waals surface area contributed by atoms with Crippen molar-refractivity contribution in [1.29, 1.82) is 0 Å². The molecule has 0 saturated carbocycles. The van der Waals surface area contributed by atoms with Crippen LogP contribution in [0.4, 0.5) is 10.8 Å². The van der Waals surface area contributed by atoms with Crippen LogP contribution in [0, 0.1) is 0 Å². The molecule has 0 bridgehead atoms. The van der Waals surface area contributed by atoms with E-state index in [1.807, 2.05) is 96.1 Å². The van der Waals surface area contributed by atoms with E-state index in [1.54, 1.807) is 14.2 Å². The Labute approximate surface area is 203 Å². The minimum absolute atomic E-state index is 0.104. The molecule has 0 aliphatic rings. The lowest BCUT2D eigenvalue weighted by Gasteiger charge is -2.24. The summed E-state index contributed by atoms with van der Waals surface area (Å²) in [4.78, 5) is 19.8. The molecule has 3 aromatic carbocycles. The molecule has 1 heterocycles. The molecular weight excluding hydrogens is 446 g/mol. The Balaban J connectivity index is 1.61. The molecule has 0 aliphatic carbocycles. The molecule has 0 fully saturated rings. The molecule has 1 amide bonds. The minimum atomic E-state index is -0.112. The van der Waals surface area contributed by atoms with Gasteiger partial charge >= 0.3 is 0 Å². The van der Waals surface area contributed by atoms with Crippen LogP contribution in [-0.2, 0) is 4.79 Å². The van der Waals surface area contributed by atoms with Crippen molar-refractivity contribution in [3.05, 3.63) is 89.8 Å². The fourth-order valence-electron chi connectivity index (χ4n) is 3.65. The Morgan fingerprint density at radius 1 is 0.971 bits per heavy atom. The minimum Gasteiger partial charge on any atom is -0.497 e. The number of benzene rings is 3. The van der Waals surface area contributed by atoms with Gasteiger partial charge in [0.15, 0.2) is 5.13 Å². The third-order valence-corrected chi connectivity index (χ3v) is 6.33. The van der Waals surface area contributed by atoms with Gasteiger partial charge in [-0.3, -0.25) is 4.79 Å². The van der Waals surface area contributed by atoms with Gasteiger partial charge < -0.3 is 19.7 Å². The van der Waals surface area contributed by atoms with Crippen LogP contribution >= 0.6 is 11.3 Å². The second kappa shape index (κ2) is 10.9. The summed E-state index contributed by atoms with van der Waals surface area (Å²) in [5.74, 6) is 1.36. The van der Waals surface area contributed by atoms with Crippen molar-refractivity contribution in [3.8, 4) is 22.8 Å². The highest BCUT2D eigenvalue weighted by atomic mass is 32.1. The summed E-state index contributed by atoms with van der Waals surface area (Å²) < 4.78 is 10.8. The molecule has 7 heteroatoms. The van der Waals surface area contributed by atoms with Gasteiger partial charge in [0.25, 0.3) is 0 Å². The number of aromatic nitrogens is 1. The van der Waals surface area contributed by atoms with Crippen LogP contribution in [0.2, 0.25) is 0 Å². The highest BCUT2D eigenvalue weighted by Crippen LogP contribution is 2.37. The number of carbonyl (C=O) groups excluding carboxylic acids is 1. The Bertz CT molecular complexity index is 1230. The zero-order valence-corrected chi connectivity index (χ0v) is 20.2. The quantitative estimate of drug-likeness (QED) is 0.331. The molecule has 174 valence electrons. The first-order valence-corrected chi connectivity index (χ1v) is 11.8. The van der Waals surface area contributed by atoms with Gasteiger partial charge in [-0.25, -0.2) is 4.98 Å². The van der Waals surface area contributed by atoms with E-state index in [-0.39, 0.29) is 18.5 Å². The monoisotopic (exact) mass is 473 g/mol. The smallest absolute Gasteiger partial charge is 0.240 e. The summed E-state index contributed by atoms with van der Waals surface area (Å²) in [6.45, 7) is 2.08. The fourth-order valence-corrected chi connectivity index (χ4v) is 4.49. The van der Waals surface area contributed by atoms with Gasteiger partial charge in [-0.05, 0) is 48.9 Å². The van der Waals surface area contributed by atoms with Crippen molar-refractivity contribution in [1.82, 2.24) is 10.3 Å². The van der Waals surface area contributed by atoms with Gasteiger partial charge in [0, 0.05) is 10.9 Å². The molecule has 0 unspecified atom stereocenters. The van der Waals surface area contributed by atoms with E-state index in [0.29, 0.717) is 10.9 Å². The highest BCUT2D eigenvalue weighted by Gasteiger charge is 2.22. The molecule has 4 rings (SSSR count). The SMILES string of the molecule is COc1ccc(-c2csc(N(CC(=O)N[C@H](C)c3ccccc3)c3ccccc3OC)n2)cc1. The summed E-state index contributed by atoms with van der Waals surface area (Å²) in [5, 5.41) is 5.79. The second-order valence-electron chi connectivity index (χ2n) is 7.70. The number of carbonyl (C=O) groups is 1. The predicted molar refractivity (Wildman–Crippen MR) is 137 cm³/mol. The number of nitrogens with zero attached hydrogens (tertiary/aromatic N) is 2. The van der Waals surface area contributed by atoms with Crippen molar-refractivity contribution in [2.45, 2.75) is 13.0 Å². The van der Waals surface area contributed by atoms with Crippen LogP contribution in [0.1, 0.15) is 18.5 Å². The van der Waals surface area contributed by atoms with E-state index >= 15 is 0 Å². The zero-order chi connectivity index (χ0) is 23.9. The summed E-state index contributed by atoms with van der Waals surface area (Å²) in [5.41, 5.74) is 3.64. The number of nitrogens with one attached hydrogen (secondary N) is 1. The van der Waals surface area contributed by atoms with Gasteiger partial charge in [0.2, 0.25) is 5.91 Å². The summed E-state index contributed by atoms with van der Waals surface area (Å²) in [6.07, 6.45) is 0. The van der Waals surface area contributed by atoms with Crippen LogP contribution in [0.5, 0.6) is 11.5 Å². The van der Waals surface area contributed by atoms with E-state index in [1.165, 1.54) is 11.3 Å². The number of hydrogen-bond acceptors (Lipinski definition) is 6. The largest absolute Gasteiger partial charge is 0.497 e. The van der Waals surface area contributed by atoms with Crippen LogP contribution < -0.4 is 19.7 Å². The van der Waals surface area contributed by atoms with Crippen LogP contribution in [0.3, 0.4) is 0 Å². The third kappa shape index (κ3) is 5.38. The topological polar surface area (TPSA) is 63.7 Å². The molecule has 34 heavy (non-hydrogen) atoms. The molecule has 0 radical (unpaired) electrons. The predicted octanol–water partition coefficient (Wildman–Crippen LogP) is 5.84. The van der Waals surface area contributed by atoms with Crippen molar-refractivity contribution in [3.63, 3.8) is 0 Å². The van der Waals surface area contributed by atoms with Crippen molar-refractivity contribution in [2.24, 2.45) is 0 Å². The number of rotatable bonds is 9. The standard InChI is InChI=1S/C27H27N3O3S/c1-19(20-9-5-4-6-10-20)28-26(31)17-30(24-11-7-8-12-25(24)33-3)27-29-23(18-34-27)21-13-15-22(32-2)16-14-21/h4-16,18-19H,17H2,1-3H3,(H,28,31)/t19-/m1/s1. The lowest BCUT2D eigenvalue weighted by molar-refractivity contribution is -0.120. The van der Waals surface area contributed by atoms with Crippen molar-refractivity contribution < 1.29 is 14.3 Å². The van der Waals surface area contributed by atoms with Crippen molar-refractivity contribution >= 4 is 28.1 Å². The molecule has 1 atom stereocenters. The van der Waals surface area contributed by atoms with Gasteiger partial charge in [-0.2, -0.15) is 0 Å². The number of para-hydroxylation sites is 2. The second-order valence-corrected chi connectivity index (χ2v) is 8.54. The van der Waals surface area contributed by atoms with Crippen LogP contribution in [0.15, 0.2) is 84.2 Å². The Hall–Kier alpha value is -3.84. The highest BCUT2D eigenvalue weighted by molar-refractivity contribution is 7.14. The number of methoxy groups -OCH3 is 2. The van der Waals surface area contributed by atoms with E-state index < -0.39 is 0 Å². The maximum Gasteiger partial charge on any atom is 0.240 e. The van der Waals surface area contributed by atoms with Crippen LogP contribution in [0.25, 0.3) is 11.3 Å². The number of anilines is 2. The van der Waals surface area contributed by atoms with Gasteiger partial charge in [-0.15, -0.1) is 11.3 Å². The lowest BCUT2D eigenvalue weighted by Crippen LogP contribution is -2.36. The van der Waals surface area contributed by atoms with Gasteiger partial charge in [0.05, 0.1) is 31.6 Å². The van der Waals surface area contributed by atoms with Crippen molar-refractivity contribution in [2.75, 3.05) is 25.7 Å². The Kier molecular flexibility index (Phi) is 7.44. The number of amides is 1. The lowest BCUT2D eigenvalue weighted by atomic mass is 10.1. The van der Waals surface area contributed by atoms with Gasteiger partial charge in [-0.1, -0.05) is 42.5 Å². The number of ether oxygens (including phenoxy) is 2. The number of hydrogen-bond donors (Lipinski definition) is 1. The zero-order valence-electron chi connectivity index (χ0n) is 19.4. The average Bonchev–Trinajstić information content (AvgIpc) is 3.38. The summed E-state index contributed by atoms with van der Waals surface area (Å²) >= 11 is 1.48. The summed E-state index contributed by atoms with van der Waals surface area (Å²) in [7, 11) is 3.27. The first-order valence-electron chi connectivity index (χ1n) is 10.9. The Morgan fingerprint density at radius 2 is 1.68 bits per heavy atom. The summed E-state index contributed by atoms with van der Waals surface area (Å²) in [6, 6.07) is 25.2. The van der Waals surface area contributed by atoms with E-state index in [4.69, 9.17) is 14.5 Å². The molecule has 4 aromatic rings. The molecule has 1 aromatic heterocycles. The number of thiazole rings is 1. The molecule has 0 spiro atoms. The maximum atomic E-state index is 13.1. The molecular formula is C27H27N3O3S. The Morgan fingerprint density at radius 3 is 2.38 bits per heavy atom. The van der Waals surface area contributed by atoms with E-state index in [0.717, 1.165) is 28.3 Å². The molecule has 1 N–H and O–H groups in total. The van der Waals surface area contributed by atoms with Crippen LogP contribution in [-0.4, -0.2) is 31.7 Å². The first-order chi connectivity index (χ1) is 16.6. The third-order valence-electron chi connectivity index (χ3n) is 5.46. The average molecular weight is 474 g/mol. The molecule has 0 aliphatic heterocycles. The first kappa shape index (κ1) is 23.3. The normalized spacial score (nSPS) is 11.5. The van der Waals surface area contributed by atoms with E-state index in [2.05, 4.69) is 5.32 Å².